The van der Waals surface area contributed by atoms with Gasteiger partial charge in [0.15, 0.2) is 0 Å². The molecule has 6 nitrogen and oxygen atoms in total. The number of aromatic nitrogens is 1. The van der Waals surface area contributed by atoms with Gasteiger partial charge in [-0.2, -0.15) is 0 Å². The van der Waals surface area contributed by atoms with E-state index in [-0.39, 0.29) is 5.57 Å². The van der Waals surface area contributed by atoms with Crippen LogP contribution in [0.4, 0.5) is 10.5 Å². The lowest BCUT2D eigenvalue weighted by molar-refractivity contribution is -0.122. The van der Waals surface area contributed by atoms with E-state index in [1.54, 1.807) is 18.2 Å². The van der Waals surface area contributed by atoms with E-state index in [0.717, 1.165) is 38.7 Å². The van der Waals surface area contributed by atoms with Gasteiger partial charge in [0, 0.05) is 11.4 Å². The number of aryl methyl sites for hydroxylation is 2. The summed E-state index contributed by atoms with van der Waals surface area (Å²) in [5, 5.41) is 2.32. The molecule has 3 aromatic carbocycles. The summed E-state index contributed by atoms with van der Waals surface area (Å²) in [6, 6.07) is 26.5. The third-order valence-corrected chi connectivity index (χ3v) is 6.24. The number of rotatable bonds is 4. The van der Waals surface area contributed by atoms with Crippen LogP contribution in [0.1, 0.15) is 22.4 Å². The highest BCUT2D eigenvalue weighted by atomic mass is 16.2. The van der Waals surface area contributed by atoms with Crippen molar-refractivity contribution < 1.29 is 14.4 Å². The average Bonchev–Trinajstić information content (AvgIpc) is 3.18. The number of barbiturate groups is 1. The van der Waals surface area contributed by atoms with Crippen LogP contribution in [0, 0.1) is 20.8 Å². The molecule has 0 aliphatic carbocycles. The van der Waals surface area contributed by atoms with Crippen LogP contribution in [0.25, 0.3) is 23.0 Å². The van der Waals surface area contributed by atoms with E-state index in [0.29, 0.717) is 11.3 Å². The quantitative estimate of drug-likeness (QED) is 0.302. The predicted octanol–water partition coefficient (Wildman–Crippen LogP) is 5.74. The van der Waals surface area contributed by atoms with E-state index in [1.807, 2.05) is 93.6 Å². The Kier molecular flexibility index (Phi) is 5.86. The molecule has 178 valence electrons. The van der Waals surface area contributed by atoms with E-state index < -0.39 is 17.8 Å². The second-order valence-electron chi connectivity index (χ2n) is 8.91. The van der Waals surface area contributed by atoms with Crippen LogP contribution < -0.4 is 10.2 Å². The number of nitrogens with zero attached hydrogens (tertiary/aromatic N) is 2. The summed E-state index contributed by atoms with van der Waals surface area (Å²) in [6.07, 6.45) is 1.57. The first-order chi connectivity index (χ1) is 17.3. The molecule has 1 aliphatic heterocycles. The van der Waals surface area contributed by atoms with Crippen LogP contribution in [0.5, 0.6) is 0 Å². The zero-order chi connectivity index (χ0) is 25.4. The summed E-state index contributed by atoms with van der Waals surface area (Å²) in [4.78, 5) is 40.0. The van der Waals surface area contributed by atoms with Gasteiger partial charge in [-0.15, -0.1) is 0 Å². The molecule has 6 heteroatoms. The first-order valence-electron chi connectivity index (χ1n) is 11.7. The Morgan fingerprint density at radius 1 is 0.722 bits per heavy atom. The van der Waals surface area contributed by atoms with Crippen LogP contribution in [0.3, 0.4) is 0 Å². The van der Waals surface area contributed by atoms with Crippen molar-refractivity contribution in [2.45, 2.75) is 20.8 Å². The number of hydrogen-bond acceptors (Lipinski definition) is 3. The molecule has 1 N–H and O–H groups in total. The summed E-state index contributed by atoms with van der Waals surface area (Å²) in [6.45, 7) is 5.74. The van der Waals surface area contributed by atoms with Crippen molar-refractivity contribution >= 4 is 29.6 Å². The first kappa shape index (κ1) is 23.1. The number of anilines is 1. The molecule has 5 rings (SSSR count). The van der Waals surface area contributed by atoms with Gasteiger partial charge in [0.25, 0.3) is 11.8 Å². The second-order valence-corrected chi connectivity index (χ2v) is 8.91. The van der Waals surface area contributed by atoms with Gasteiger partial charge in [0.1, 0.15) is 5.57 Å². The zero-order valence-corrected chi connectivity index (χ0v) is 20.3. The van der Waals surface area contributed by atoms with Crippen LogP contribution in [0.2, 0.25) is 0 Å². The Hall–Kier alpha value is -4.71. The molecule has 36 heavy (non-hydrogen) atoms. The predicted molar refractivity (Wildman–Crippen MR) is 141 cm³/mol. The maximum absolute atomic E-state index is 13.5. The van der Waals surface area contributed by atoms with Crippen molar-refractivity contribution in [3.05, 3.63) is 113 Å². The number of para-hydroxylation sites is 1. The Balaban J connectivity index is 1.64. The summed E-state index contributed by atoms with van der Waals surface area (Å²) in [7, 11) is 0. The summed E-state index contributed by atoms with van der Waals surface area (Å²) >= 11 is 0. The molecule has 1 saturated heterocycles. The van der Waals surface area contributed by atoms with Crippen LogP contribution in [-0.2, 0) is 9.59 Å². The smallest absolute Gasteiger partial charge is 0.313 e. The van der Waals surface area contributed by atoms with Crippen molar-refractivity contribution in [2.24, 2.45) is 0 Å². The fraction of sp³-hybridized carbons (Fsp3) is 0.100. The fourth-order valence-corrected chi connectivity index (χ4v) is 4.63. The van der Waals surface area contributed by atoms with Crippen molar-refractivity contribution in [1.82, 2.24) is 9.88 Å². The number of carbonyl (C=O) groups is 3. The van der Waals surface area contributed by atoms with E-state index in [1.165, 1.54) is 0 Å². The number of nitrogens with one attached hydrogen (secondary N) is 1. The van der Waals surface area contributed by atoms with Crippen LogP contribution in [-0.4, -0.2) is 22.4 Å². The Morgan fingerprint density at radius 2 is 1.33 bits per heavy atom. The number of imide groups is 2. The van der Waals surface area contributed by atoms with Gasteiger partial charge < -0.3 is 4.57 Å². The molecular formula is C30H25N3O3. The standard InChI is InChI=1S/C30H25N3O3/c1-19-14-20(2)16-25(15-19)33-29(35)26(28(34)31-30(33)36)17-23-18-27(22-10-6-4-7-11-22)32(21(23)3)24-12-8-5-9-13-24/h4-18H,1-3H3,(H,31,34,36)/b26-17-. The number of carbonyl (C=O) groups excluding carboxylic acids is 3. The molecule has 4 aromatic rings. The number of hydrogen-bond donors (Lipinski definition) is 1. The van der Waals surface area contributed by atoms with Crippen LogP contribution >= 0.6 is 0 Å². The van der Waals surface area contributed by atoms with Crippen molar-refractivity contribution in [3.8, 4) is 16.9 Å². The van der Waals surface area contributed by atoms with Crippen molar-refractivity contribution in [1.29, 1.82) is 0 Å². The van der Waals surface area contributed by atoms with Gasteiger partial charge in [0.05, 0.1) is 11.4 Å². The van der Waals surface area contributed by atoms with E-state index in [2.05, 4.69) is 9.88 Å². The van der Waals surface area contributed by atoms with Gasteiger partial charge in [-0.05, 0) is 79.4 Å². The summed E-state index contributed by atoms with van der Waals surface area (Å²) in [5.74, 6) is -1.36. The number of amides is 4. The lowest BCUT2D eigenvalue weighted by atomic mass is 10.1. The third-order valence-electron chi connectivity index (χ3n) is 6.24. The summed E-state index contributed by atoms with van der Waals surface area (Å²) in [5.41, 5.74) is 6.63. The molecule has 2 heterocycles. The summed E-state index contributed by atoms with van der Waals surface area (Å²) < 4.78 is 2.10. The topological polar surface area (TPSA) is 71.4 Å². The highest BCUT2D eigenvalue weighted by Crippen LogP contribution is 2.32. The first-order valence-corrected chi connectivity index (χ1v) is 11.7. The largest absolute Gasteiger partial charge is 0.335 e. The monoisotopic (exact) mass is 475 g/mol. The maximum atomic E-state index is 13.5. The van der Waals surface area contributed by atoms with Crippen molar-refractivity contribution in [3.63, 3.8) is 0 Å². The lowest BCUT2D eigenvalue weighted by Gasteiger charge is -2.27. The molecule has 1 aliphatic rings. The van der Waals surface area contributed by atoms with Gasteiger partial charge in [-0.3, -0.25) is 14.9 Å². The zero-order valence-electron chi connectivity index (χ0n) is 20.3. The SMILES string of the molecule is Cc1cc(C)cc(N2C(=O)NC(=O)/C(=C/c3cc(-c4ccccc4)n(-c4ccccc4)c3C)C2=O)c1. The third kappa shape index (κ3) is 4.14. The Morgan fingerprint density at radius 3 is 1.97 bits per heavy atom. The van der Waals surface area contributed by atoms with Gasteiger partial charge in [-0.1, -0.05) is 54.6 Å². The minimum atomic E-state index is -0.754. The molecule has 1 fully saturated rings. The van der Waals surface area contributed by atoms with E-state index >= 15 is 0 Å². The molecule has 0 radical (unpaired) electrons. The molecule has 1 aromatic heterocycles. The highest BCUT2D eigenvalue weighted by molar-refractivity contribution is 6.39. The van der Waals surface area contributed by atoms with Crippen LogP contribution in [0.15, 0.2) is 90.5 Å². The highest BCUT2D eigenvalue weighted by Gasteiger charge is 2.37. The minimum Gasteiger partial charge on any atom is -0.313 e. The average molecular weight is 476 g/mol. The number of urea groups is 1. The minimum absolute atomic E-state index is 0.0957. The van der Waals surface area contributed by atoms with Gasteiger partial charge >= 0.3 is 6.03 Å². The maximum Gasteiger partial charge on any atom is 0.335 e. The molecule has 0 saturated carbocycles. The molecule has 4 amide bonds. The Bertz CT molecular complexity index is 1510. The van der Waals surface area contributed by atoms with Crippen molar-refractivity contribution in [2.75, 3.05) is 4.90 Å². The van der Waals surface area contributed by atoms with E-state index in [9.17, 15) is 14.4 Å². The molecule has 0 atom stereocenters. The normalized spacial score (nSPS) is 14.9. The van der Waals surface area contributed by atoms with Gasteiger partial charge in [-0.25, -0.2) is 9.69 Å². The molecule has 0 unspecified atom stereocenters. The van der Waals surface area contributed by atoms with E-state index in [4.69, 9.17) is 0 Å². The lowest BCUT2D eigenvalue weighted by Crippen LogP contribution is -2.54. The number of benzene rings is 3. The van der Waals surface area contributed by atoms with Gasteiger partial charge in [0.2, 0.25) is 0 Å². The fourth-order valence-electron chi connectivity index (χ4n) is 4.63. The molecule has 0 spiro atoms. The molecular weight excluding hydrogens is 450 g/mol. The second kappa shape index (κ2) is 9.15. The molecule has 0 bridgehead atoms. The Labute approximate surface area is 209 Å².